The zero-order chi connectivity index (χ0) is 15.7. The molecule has 0 aromatic carbocycles. The average molecular weight is 304 g/mol. The molecule has 0 bridgehead atoms. The molecule has 1 aliphatic carbocycles. The minimum Gasteiger partial charge on any atom is -0.343 e. The lowest BCUT2D eigenvalue weighted by molar-refractivity contribution is -0.134. The van der Waals surface area contributed by atoms with Crippen LogP contribution in [-0.2, 0) is 4.79 Å². The molecule has 0 atom stereocenters. The Morgan fingerprint density at radius 1 is 1.14 bits per heavy atom. The number of hydrogen-bond donors (Lipinski definition) is 0. The molecule has 0 N–H and O–H groups in total. The number of likely N-dealkylation sites (tertiary alicyclic amines) is 2. The van der Waals surface area contributed by atoms with Gasteiger partial charge in [0, 0.05) is 38.6 Å². The summed E-state index contributed by atoms with van der Waals surface area (Å²) in [5.41, 5.74) is 2.02. The Morgan fingerprint density at radius 3 is 2.23 bits per heavy atom. The largest absolute Gasteiger partial charge is 0.343 e. The second-order valence-electron chi connectivity index (χ2n) is 7.99. The lowest BCUT2D eigenvalue weighted by Crippen LogP contribution is -2.62. The number of rotatable bonds is 3. The van der Waals surface area contributed by atoms with E-state index in [9.17, 15) is 4.79 Å². The third kappa shape index (κ3) is 3.10. The summed E-state index contributed by atoms with van der Waals surface area (Å²) < 4.78 is 0. The van der Waals surface area contributed by atoms with Gasteiger partial charge in [0.1, 0.15) is 0 Å². The summed E-state index contributed by atoms with van der Waals surface area (Å²) in [5, 5.41) is 0. The molecule has 1 saturated carbocycles. The monoisotopic (exact) mass is 304 g/mol. The van der Waals surface area contributed by atoms with Crippen LogP contribution in [0.2, 0.25) is 0 Å². The topological polar surface area (TPSA) is 23.6 Å². The van der Waals surface area contributed by atoms with Crippen molar-refractivity contribution < 1.29 is 4.79 Å². The van der Waals surface area contributed by atoms with Crippen molar-refractivity contribution >= 4 is 5.91 Å². The van der Waals surface area contributed by atoms with Gasteiger partial charge in [-0.1, -0.05) is 19.1 Å². The second-order valence-corrected chi connectivity index (χ2v) is 7.99. The van der Waals surface area contributed by atoms with E-state index < -0.39 is 0 Å². The Kier molecular flexibility index (Phi) is 4.63. The Bertz CT molecular complexity index is 421. The van der Waals surface area contributed by atoms with Crippen molar-refractivity contribution in [2.75, 3.05) is 26.2 Å². The first-order chi connectivity index (χ1) is 10.5. The average Bonchev–Trinajstić information content (AvgIpc) is 2.52. The predicted molar refractivity (Wildman–Crippen MR) is 90.7 cm³/mol. The fourth-order valence-electron chi connectivity index (χ4n) is 4.82. The van der Waals surface area contributed by atoms with Crippen LogP contribution < -0.4 is 0 Å². The molecule has 2 heterocycles. The van der Waals surface area contributed by atoms with Crippen LogP contribution in [-0.4, -0.2) is 47.9 Å². The highest BCUT2D eigenvalue weighted by Gasteiger charge is 2.47. The lowest BCUT2D eigenvalue weighted by Gasteiger charge is -2.57. The van der Waals surface area contributed by atoms with E-state index in [0.29, 0.717) is 17.7 Å². The number of carbonyl (C=O) groups is 1. The smallest absolute Gasteiger partial charge is 0.222 e. The minimum absolute atomic E-state index is 0.330. The summed E-state index contributed by atoms with van der Waals surface area (Å²) in [6, 6.07) is 0.727. The van der Waals surface area contributed by atoms with Crippen molar-refractivity contribution in [2.45, 2.75) is 64.8 Å². The fraction of sp³-hybridized carbons (Fsp3) is 0.842. The molecule has 0 aromatic heterocycles. The van der Waals surface area contributed by atoms with E-state index in [2.05, 4.69) is 23.3 Å². The first kappa shape index (κ1) is 16.0. The number of hydrogen-bond acceptors (Lipinski definition) is 2. The number of piperidine rings is 1. The molecule has 3 fully saturated rings. The van der Waals surface area contributed by atoms with Gasteiger partial charge in [0.25, 0.3) is 0 Å². The number of carbonyl (C=O) groups excluding carboxylic acids is 1. The molecule has 0 radical (unpaired) electrons. The fourth-order valence-corrected chi connectivity index (χ4v) is 4.82. The van der Waals surface area contributed by atoms with E-state index in [4.69, 9.17) is 0 Å². The third-order valence-electron chi connectivity index (χ3n) is 6.46. The van der Waals surface area contributed by atoms with Crippen molar-refractivity contribution in [2.24, 2.45) is 11.3 Å². The molecular weight excluding hydrogens is 272 g/mol. The van der Waals surface area contributed by atoms with Gasteiger partial charge < -0.3 is 4.90 Å². The van der Waals surface area contributed by atoms with Crippen LogP contribution in [0, 0.1) is 11.3 Å². The first-order valence-electron chi connectivity index (χ1n) is 9.20. The van der Waals surface area contributed by atoms with Crippen LogP contribution in [0.3, 0.4) is 0 Å². The van der Waals surface area contributed by atoms with Crippen molar-refractivity contribution in [3.8, 4) is 0 Å². The summed E-state index contributed by atoms with van der Waals surface area (Å²) in [6.07, 6.45) is 8.51. The second kappa shape index (κ2) is 6.35. The first-order valence-corrected chi connectivity index (χ1v) is 9.20. The van der Waals surface area contributed by atoms with Crippen LogP contribution in [0.25, 0.3) is 0 Å². The van der Waals surface area contributed by atoms with Gasteiger partial charge in [-0.2, -0.15) is 0 Å². The highest BCUT2D eigenvalue weighted by molar-refractivity contribution is 5.75. The van der Waals surface area contributed by atoms with Crippen LogP contribution >= 0.6 is 0 Å². The quantitative estimate of drug-likeness (QED) is 0.746. The SMILES string of the molecule is C=C(C)C1CCC2(CC1)CN(C1CCN(C(=O)CC)CC1)C2. The Morgan fingerprint density at radius 2 is 1.73 bits per heavy atom. The van der Waals surface area contributed by atoms with Gasteiger partial charge in [-0.3, -0.25) is 9.69 Å². The van der Waals surface area contributed by atoms with Gasteiger partial charge in [0.15, 0.2) is 0 Å². The molecule has 0 unspecified atom stereocenters. The summed E-state index contributed by atoms with van der Waals surface area (Å²) in [4.78, 5) is 16.5. The normalized spacial score (nSPS) is 26.9. The molecule has 0 aromatic rings. The van der Waals surface area contributed by atoms with Gasteiger partial charge in [-0.05, 0) is 56.8 Å². The highest BCUT2D eigenvalue weighted by Crippen LogP contribution is 2.48. The van der Waals surface area contributed by atoms with E-state index in [1.54, 1.807) is 0 Å². The molecule has 3 nitrogen and oxygen atoms in total. The van der Waals surface area contributed by atoms with Crippen LogP contribution in [0.15, 0.2) is 12.2 Å². The molecule has 3 rings (SSSR count). The van der Waals surface area contributed by atoms with Gasteiger partial charge in [-0.25, -0.2) is 0 Å². The molecule has 2 saturated heterocycles. The molecule has 124 valence electrons. The number of allylic oxidation sites excluding steroid dienone is 1. The zero-order valence-electron chi connectivity index (χ0n) is 14.4. The summed E-state index contributed by atoms with van der Waals surface area (Å²) >= 11 is 0. The standard InChI is InChI=1S/C19H32N2O/c1-4-18(22)20-11-7-17(8-12-20)21-13-19(14-21)9-5-16(6-10-19)15(2)3/h16-17H,2,4-14H2,1,3H3. The molecule has 22 heavy (non-hydrogen) atoms. The Balaban J connectivity index is 1.43. The van der Waals surface area contributed by atoms with Crippen molar-refractivity contribution in [3.63, 3.8) is 0 Å². The minimum atomic E-state index is 0.330. The van der Waals surface area contributed by atoms with E-state index in [1.165, 1.54) is 57.2 Å². The molecule has 1 amide bonds. The predicted octanol–water partition coefficient (Wildman–Crippen LogP) is 3.46. The molecular formula is C19H32N2O. The molecule has 3 heteroatoms. The summed E-state index contributed by atoms with van der Waals surface area (Å²) in [7, 11) is 0. The van der Waals surface area contributed by atoms with Crippen LogP contribution in [0.4, 0.5) is 0 Å². The maximum Gasteiger partial charge on any atom is 0.222 e. The molecule has 2 aliphatic heterocycles. The zero-order valence-corrected chi connectivity index (χ0v) is 14.4. The van der Waals surface area contributed by atoms with Crippen molar-refractivity contribution in [3.05, 3.63) is 12.2 Å². The van der Waals surface area contributed by atoms with Crippen LogP contribution in [0.1, 0.15) is 58.8 Å². The van der Waals surface area contributed by atoms with E-state index in [-0.39, 0.29) is 0 Å². The van der Waals surface area contributed by atoms with E-state index in [0.717, 1.165) is 25.0 Å². The Labute approximate surface area is 135 Å². The molecule has 1 spiro atoms. The summed E-state index contributed by atoms with van der Waals surface area (Å²) in [6.45, 7) is 12.9. The summed E-state index contributed by atoms with van der Waals surface area (Å²) in [5.74, 6) is 1.11. The van der Waals surface area contributed by atoms with Gasteiger partial charge >= 0.3 is 0 Å². The number of nitrogens with zero attached hydrogens (tertiary/aromatic N) is 2. The van der Waals surface area contributed by atoms with E-state index in [1.807, 2.05) is 6.92 Å². The van der Waals surface area contributed by atoms with Crippen molar-refractivity contribution in [1.29, 1.82) is 0 Å². The highest BCUT2D eigenvalue weighted by atomic mass is 16.2. The van der Waals surface area contributed by atoms with Crippen molar-refractivity contribution in [1.82, 2.24) is 9.80 Å². The lowest BCUT2D eigenvalue weighted by atomic mass is 9.64. The molecule has 3 aliphatic rings. The number of amides is 1. The van der Waals surface area contributed by atoms with Crippen LogP contribution in [0.5, 0.6) is 0 Å². The maximum atomic E-state index is 11.8. The Hall–Kier alpha value is -0.830. The van der Waals surface area contributed by atoms with Gasteiger partial charge in [-0.15, -0.1) is 0 Å². The van der Waals surface area contributed by atoms with Gasteiger partial charge in [0.05, 0.1) is 0 Å². The van der Waals surface area contributed by atoms with E-state index >= 15 is 0 Å². The third-order valence-corrected chi connectivity index (χ3v) is 6.46. The van der Waals surface area contributed by atoms with Gasteiger partial charge in [0.2, 0.25) is 5.91 Å². The maximum absolute atomic E-state index is 11.8.